The van der Waals surface area contributed by atoms with Gasteiger partial charge >= 0.3 is 6.61 Å². The normalized spacial score (nSPS) is 12.6. The number of halogens is 2. The molecule has 1 atom stereocenters. The molecular formula is C17H17F2N3OS. The maximum absolute atomic E-state index is 12.5. The Bertz CT molecular complexity index is 866. The average Bonchev–Trinajstić information content (AvgIpc) is 2.94. The summed E-state index contributed by atoms with van der Waals surface area (Å²) in [4.78, 5) is 9.97. The molecule has 0 aliphatic carbocycles. The van der Waals surface area contributed by atoms with Gasteiger partial charge in [-0.25, -0.2) is 4.98 Å². The number of benzene rings is 1. The molecule has 0 spiro atoms. The van der Waals surface area contributed by atoms with Crippen molar-refractivity contribution in [2.45, 2.75) is 33.4 Å². The molecule has 2 heterocycles. The van der Waals surface area contributed by atoms with Crippen molar-refractivity contribution in [1.82, 2.24) is 9.97 Å². The van der Waals surface area contributed by atoms with Crippen LogP contribution in [0.1, 0.15) is 28.5 Å². The Labute approximate surface area is 142 Å². The van der Waals surface area contributed by atoms with Gasteiger partial charge in [-0.3, -0.25) is 4.98 Å². The molecule has 4 nitrogen and oxygen atoms in total. The van der Waals surface area contributed by atoms with Crippen LogP contribution in [0.15, 0.2) is 30.5 Å². The lowest BCUT2D eigenvalue weighted by atomic mass is 10.1. The lowest BCUT2D eigenvalue weighted by Crippen LogP contribution is -2.07. The Kier molecular flexibility index (Phi) is 4.62. The van der Waals surface area contributed by atoms with Crippen molar-refractivity contribution >= 4 is 27.9 Å². The first kappa shape index (κ1) is 16.6. The Balaban J connectivity index is 1.98. The van der Waals surface area contributed by atoms with E-state index < -0.39 is 6.61 Å². The zero-order chi connectivity index (χ0) is 17.3. The molecule has 1 aromatic carbocycles. The zero-order valence-corrected chi connectivity index (χ0v) is 14.3. The molecule has 0 radical (unpaired) electrons. The minimum Gasteiger partial charge on any atom is -0.435 e. The molecule has 24 heavy (non-hydrogen) atoms. The Hall–Kier alpha value is -2.28. The third kappa shape index (κ3) is 3.62. The van der Waals surface area contributed by atoms with E-state index in [0.717, 1.165) is 32.2 Å². The number of nitrogens with one attached hydrogen (secondary N) is 1. The van der Waals surface area contributed by atoms with E-state index in [4.69, 9.17) is 0 Å². The van der Waals surface area contributed by atoms with Crippen molar-refractivity contribution in [3.63, 3.8) is 0 Å². The maximum atomic E-state index is 12.5. The summed E-state index contributed by atoms with van der Waals surface area (Å²) >= 11 is 1.62. The van der Waals surface area contributed by atoms with E-state index in [1.165, 1.54) is 6.07 Å². The monoisotopic (exact) mass is 349 g/mol. The van der Waals surface area contributed by atoms with Crippen LogP contribution >= 0.6 is 11.3 Å². The summed E-state index contributed by atoms with van der Waals surface area (Å²) in [5, 5.41) is 5.10. The molecule has 3 rings (SSSR count). The van der Waals surface area contributed by atoms with Gasteiger partial charge in [0.05, 0.1) is 11.6 Å². The number of aromatic nitrogens is 2. The predicted molar refractivity (Wildman–Crippen MR) is 92.0 cm³/mol. The standard InChI is InChI=1S/C17H17F2N3OS/c1-9-6-15(22-11(3)16-20-8-10(2)24-16)13-7-12(23-17(18)19)4-5-14(13)21-9/h4-8,11,17H,1-3H3,(H,21,22). The first-order valence-electron chi connectivity index (χ1n) is 7.47. The van der Waals surface area contributed by atoms with Crippen LogP contribution in [0.25, 0.3) is 10.9 Å². The fourth-order valence-electron chi connectivity index (χ4n) is 2.50. The Morgan fingerprint density at radius 1 is 1.21 bits per heavy atom. The quantitative estimate of drug-likeness (QED) is 0.697. The number of ether oxygens (including phenoxy) is 1. The summed E-state index contributed by atoms with van der Waals surface area (Å²) < 4.78 is 29.4. The minimum atomic E-state index is -2.85. The van der Waals surface area contributed by atoms with Crippen LogP contribution < -0.4 is 10.1 Å². The van der Waals surface area contributed by atoms with Crippen molar-refractivity contribution < 1.29 is 13.5 Å². The first-order chi connectivity index (χ1) is 11.4. The second kappa shape index (κ2) is 6.68. The summed E-state index contributed by atoms with van der Waals surface area (Å²) in [5.41, 5.74) is 2.38. The fourth-order valence-corrected chi connectivity index (χ4v) is 3.28. The van der Waals surface area contributed by atoms with Gasteiger partial charge in [-0.1, -0.05) is 0 Å². The smallest absolute Gasteiger partial charge is 0.387 e. The average molecular weight is 349 g/mol. The number of hydrogen-bond donors (Lipinski definition) is 1. The number of anilines is 1. The zero-order valence-electron chi connectivity index (χ0n) is 13.5. The van der Waals surface area contributed by atoms with Gasteiger partial charge in [0.2, 0.25) is 0 Å². The molecule has 0 bridgehead atoms. The van der Waals surface area contributed by atoms with Crippen LogP contribution in [0.5, 0.6) is 5.75 Å². The number of fused-ring (bicyclic) bond motifs is 1. The molecule has 7 heteroatoms. The van der Waals surface area contributed by atoms with Gasteiger partial charge in [-0.05, 0) is 45.0 Å². The molecular weight excluding hydrogens is 332 g/mol. The lowest BCUT2D eigenvalue weighted by Gasteiger charge is -2.16. The van der Waals surface area contributed by atoms with Crippen LogP contribution in [0.3, 0.4) is 0 Å². The summed E-state index contributed by atoms with van der Waals surface area (Å²) in [6.07, 6.45) is 1.84. The van der Waals surface area contributed by atoms with Crippen LogP contribution in [-0.2, 0) is 0 Å². The van der Waals surface area contributed by atoms with Crippen LogP contribution in [0.2, 0.25) is 0 Å². The van der Waals surface area contributed by atoms with Crippen molar-refractivity contribution in [1.29, 1.82) is 0 Å². The number of rotatable bonds is 5. The molecule has 126 valence electrons. The van der Waals surface area contributed by atoms with E-state index in [1.54, 1.807) is 23.5 Å². The van der Waals surface area contributed by atoms with Crippen molar-refractivity contribution in [3.8, 4) is 5.75 Å². The van der Waals surface area contributed by atoms with Crippen molar-refractivity contribution in [2.75, 3.05) is 5.32 Å². The van der Waals surface area contributed by atoms with Gasteiger partial charge in [0.25, 0.3) is 0 Å². The SMILES string of the molecule is Cc1cc(NC(C)c2ncc(C)s2)c2cc(OC(F)F)ccc2n1. The van der Waals surface area contributed by atoms with E-state index in [-0.39, 0.29) is 11.8 Å². The molecule has 0 amide bonds. The van der Waals surface area contributed by atoms with E-state index >= 15 is 0 Å². The summed E-state index contributed by atoms with van der Waals surface area (Å²) in [6.45, 7) is 3.06. The molecule has 1 unspecified atom stereocenters. The van der Waals surface area contributed by atoms with Crippen LogP contribution in [0, 0.1) is 13.8 Å². The molecule has 2 aromatic heterocycles. The van der Waals surface area contributed by atoms with Gasteiger partial charge in [-0.15, -0.1) is 11.3 Å². The molecule has 0 aliphatic heterocycles. The summed E-state index contributed by atoms with van der Waals surface area (Å²) in [7, 11) is 0. The number of pyridine rings is 1. The molecule has 0 aliphatic rings. The van der Waals surface area contributed by atoms with Gasteiger partial charge in [-0.2, -0.15) is 8.78 Å². The number of hydrogen-bond acceptors (Lipinski definition) is 5. The summed E-state index contributed by atoms with van der Waals surface area (Å²) in [5.74, 6) is 0.115. The molecule has 1 N–H and O–H groups in total. The minimum absolute atomic E-state index is 0.00614. The highest BCUT2D eigenvalue weighted by atomic mass is 32.1. The number of nitrogens with zero attached hydrogens (tertiary/aromatic N) is 2. The van der Waals surface area contributed by atoms with Crippen LogP contribution in [-0.4, -0.2) is 16.6 Å². The predicted octanol–water partition coefficient (Wildman–Crippen LogP) is 5.08. The largest absolute Gasteiger partial charge is 0.435 e. The van der Waals surface area contributed by atoms with Crippen LogP contribution in [0.4, 0.5) is 14.5 Å². The van der Waals surface area contributed by atoms with E-state index in [0.29, 0.717) is 0 Å². The summed E-state index contributed by atoms with van der Waals surface area (Å²) in [6, 6.07) is 6.65. The molecule has 0 fully saturated rings. The Morgan fingerprint density at radius 2 is 2.00 bits per heavy atom. The van der Waals surface area contributed by atoms with Crippen molar-refractivity contribution in [2.24, 2.45) is 0 Å². The van der Waals surface area contributed by atoms with Gasteiger partial charge in [0.15, 0.2) is 0 Å². The Morgan fingerprint density at radius 3 is 2.67 bits per heavy atom. The van der Waals surface area contributed by atoms with Crippen molar-refractivity contribution in [3.05, 3.63) is 46.0 Å². The highest BCUT2D eigenvalue weighted by Gasteiger charge is 2.13. The van der Waals surface area contributed by atoms with Gasteiger partial charge in [0.1, 0.15) is 10.8 Å². The van der Waals surface area contributed by atoms with Gasteiger partial charge < -0.3 is 10.1 Å². The van der Waals surface area contributed by atoms with E-state index in [1.807, 2.05) is 33.0 Å². The first-order valence-corrected chi connectivity index (χ1v) is 8.29. The highest BCUT2D eigenvalue weighted by Crippen LogP contribution is 2.31. The molecule has 0 saturated carbocycles. The highest BCUT2D eigenvalue weighted by molar-refractivity contribution is 7.11. The third-order valence-corrected chi connectivity index (χ3v) is 4.61. The van der Waals surface area contributed by atoms with Gasteiger partial charge in [0, 0.05) is 27.8 Å². The number of alkyl halides is 2. The fraction of sp³-hybridized carbons (Fsp3) is 0.294. The second-order valence-corrected chi connectivity index (χ2v) is 6.81. The third-order valence-electron chi connectivity index (χ3n) is 3.51. The number of aryl methyl sites for hydroxylation is 2. The van der Waals surface area contributed by atoms with E-state index in [2.05, 4.69) is 20.0 Å². The number of thiazole rings is 1. The molecule has 0 saturated heterocycles. The lowest BCUT2D eigenvalue weighted by molar-refractivity contribution is -0.0497. The maximum Gasteiger partial charge on any atom is 0.387 e. The molecule has 3 aromatic rings. The second-order valence-electron chi connectivity index (χ2n) is 5.54. The topological polar surface area (TPSA) is 47.0 Å². The van der Waals surface area contributed by atoms with E-state index in [9.17, 15) is 8.78 Å².